The van der Waals surface area contributed by atoms with Crippen LogP contribution in [-0.4, -0.2) is 12.4 Å². The lowest BCUT2D eigenvalue weighted by Crippen LogP contribution is -2.13. The Kier molecular flexibility index (Phi) is 4.69. The van der Waals surface area contributed by atoms with Crippen LogP contribution in [0.2, 0.25) is 0 Å². The second kappa shape index (κ2) is 5.80. The van der Waals surface area contributed by atoms with Crippen LogP contribution in [0.15, 0.2) is 18.2 Å². The number of hydrogen-bond donors (Lipinski definition) is 0. The Morgan fingerprint density at radius 2 is 2.00 bits per heavy atom. The lowest BCUT2D eigenvalue weighted by molar-refractivity contribution is -0.128. The highest BCUT2D eigenvalue weighted by molar-refractivity contribution is 5.82. The van der Waals surface area contributed by atoms with Gasteiger partial charge in [-0.3, -0.25) is 4.79 Å². The van der Waals surface area contributed by atoms with Crippen molar-refractivity contribution >= 4 is 5.78 Å². The van der Waals surface area contributed by atoms with E-state index in [0.29, 0.717) is 6.61 Å². The quantitative estimate of drug-likeness (QED) is 0.760. The third-order valence-corrected chi connectivity index (χ3v) is 2.69. The van der Waals surface area contributed by atoms with E-state index >= 15 is 0 Å². The van der Waals surface area contributed by atoms with Crippen LogP contribution in [0.3, 0.4) is 0 Å². The fraction of sp³-hybridized carbons (Fsp3) is 0.500. The molecule has 16 heavy (non-hydrogen) atoms. The molecule has 88 valence electrons. The second-order valence-corrected chi connectivity index (χ2v) is 4.21. The number of ether oxygens (including phenoxy) is 1. The van der Waals surface area contributed by atoms with Gasteiger partial charge in [-0.05, 0) is 43.9 Å². The van der Waals surface area contributed by atoms with Crippen molar-refractivity contribution in [3.05, 3.63) is 34.9 Å². The number of Topliss-reactive ketones (excluding diaryl/α,β-unsaturated/α-hetero) is 1. The Labute approximate surface area is 97.6 Å². The molecule has 0 radical (unpaired) electrons. The van der Waals surface area contributed by atoms with Gasteiger partial charge in [0.2, 0.25) is 0 Å². The van der Waals surface area contributed by atoms with Crippen LogP contribution in [0.4, 0.5) is 0 Å². The van der Waals surface area contributed by atoms with E-state index in [0.717, 1.165) is 12.0 Å². The van der Waals surface area contributed by atoms with Gasteiger partial charge in [0, 0.05) is 6.61 Å². The average Bonchev–Trinajstić information content (AvgIpc) is 2.23. The van der Waals surface area contributed by atoms with Crippen LogP contribution in [-0.2, 0) is 9.53 Å². The van der Waals surface area contributed by atoms with Crippen molar-refractivity contribution in [1.82, 2.24) is 0 Å². The van der Waals surface area contributed by atoms with E-state index < -0.39 is 6.10 Å². The van der Waals surface area contributed by atoms with Gasteiger partial charge < -0.3 is 4.74 Å². The highest BCUT2D eigenvalue weighted by Gasteiger charge is 2.17. The summed E-state index contributed by atoms with van der Waals surface area (Å²) in [5, 5.41) is 0. The van der Waals surface area contributed by atoms with Crippen LogP contribution >= 0.6 is 0 Å². The van der Waals surface area contributed by atoms with Gasteiger partial charge in [0.25, 0.3) is 0 Å². The summed E-state index contributed by atoms with van der Waals surface area (Å²) in [6.45, 7) is 8.36. The minimum atomic E-state index is -0.403. The molecule has 0 spiro atoms. The first-order chi connectivity index (χ1) is 7.56. The number of benzene rings is 1. The molecular formula is C14H20O2. The average molecular weight is 220 g/mol. The predicted molar refractivity (Wildman–Crippen MR) is 65.6 cm³/mol. The Morgan fingerprint density at radius 1 is 1.31 bits per heavy atom. The number of aryl methyl sites for hydroxylation is 2. The van der Waals surface area contributed by atoms with Gasteiger partial charge in [-0.1, -0.05) is 25.1 Å². The summed E-state index contributed by atoms with van der Waals surface area (Å²) < 4.78 is 5.58. The molecule has 0 aliphatic heterocycles. The van der Waals surface area contributed by atoms with Gasteiger partial charge in [0.15, 0.2) is 5.78 Å². The number of ketones is 1. The number of hydrogen-bond acceptors (Lipinski definition) is 2. The monoisotopic (exact) mass is 220 g/mol. The van der Waals surface area contributed by atoms with Gasteiger partial charge in [0.05, 0.1) is 0 Å². The molecule has 0 aliphatic rings. The first-order valence-electron chi connectivity index (χ1n) is 5.75. The molecule has 0 fully saturated rings. The smallest absolute Gasteiger partial charge is 0.163 e. The summed E-state index contributed by atoms with van der Waals surface area (Å²) in [6.07, 6.45) is 0.522. The summed E-state index contributed by atoms with van der Waals surface area (Å²) in [5.41, 5.74) is 3.40. The zero-order chi connectivity index (χ0) is 12.1. The van der Waals surface area contributed by atoms with Crippen molar-refractivity contribution in [2.45, 2.75) is 40.2 Å². The summed E-state index contributed by atoms with van der Waals surface area (Å²) in [4.78, 5) is 11.5. The second-order valence-electron chi connectivity index (χ2n) is 4.21. The van der Waals surface area contributed by atoms with Crippen molar-refractivity contribution in [2.75, 3.05) is 6.61 Å². The molecule has 0 aromatic heterocycles. The highest BCUT2D eigenvalue weighted by Crippen LogP contribution is 2.21. The van der Waals surface area contributed by atoms with Crippen molar-refractivity contribution < 1.29 is 9.53 Å². The van der Waals surface area contributed by atoms with Crippen LogP contribution in [0.1, 0.15) is 43.1 Å². The predicted octanol–water partition coefficient (Wildman–Crippen LogP) is 3.36. The van der Waals surface area contributed by atoms with Gasteiger partial charge >= 0.3 is 0 Å². The maximum atomic E-state index is 11.5. The molecule has 0 bridgehead atoms. The van der Waals surface area contributed by atoms with Gasteiger partial charge in [-0.2, -0.15) is 0 Å². The van der Waals surface area contributed by atoms with Crippen molar-refractivity contribution in [3.63, 3.8) is 0 Å². The Bertz CT molecular complexity index is 369. The molecule has 2 heteroatoms. The van der Waals surface area contributed by atoms with Crippen LogP contribution < -0.4 is 0 Å². The highest BCUT2D eigenvalue weighted by atomic mass is 16.5. The lowest BCUT2D eigenvalue weighted by Gasteiger charge is -2.16. The zero-order valence-electron chi connectivity index (χ0n) is 10.5. The van der Waals surface area contributed by atoms with Gasteiger partial charge in [-0.25, -0.2) is 0 Å². The molecule has 1 aromatic rings. The maximum Gasteiger partial charge on any atom is 0.163 e. The molecule has 0 saturated carbocycles. The molecule has 2 nitrogen and oxygen atoms in total. The Morgan fingerprint density at radius 3 is 2.50 bits per heavy atom. The normalized spacial score (nSPS) is 12.5. The molecule has 0 amide bonds. The summed E-state index contributed by atoms with van der Waals surface area (Å²) in [7, 11) is 0. The molecule has 1 rings (SSSR count). The minimum Gasteiger partial charge on any atom is -0.366 e. The molecule has 1 unspecified atom stereocenters. The fourth-order valence-corrected chi connectivity index (χ4v) is 1.61. The van der Waals surface area contributed by atoms with E-state index in [9.17, 15) is 4.79 Å². The number of rotatable bonds is 5. The molecule has 0 N–H and O–H groups in total. The van der Waals surface area contributed by atoms with E-state index in [-0.39, 0.29) is 5.78 Å². The zero-order valence-corrected chi connectivity index (χ0v) is 10.5. The molecule has 1 atom stereocenters. The van der Waals surface area contributed by atoms with Crippen LogP contribution in [0.5, 0.6) is 0 Å². The van der Waals surface area contributed by atoms with Gasteiger partial charge in [-0.15, -0.1) is 0 Å². The third kappa shape index (κ3) is 3.17. The largest absolute Gasteiger partial charge is 0.366 e. The van der Waals surface area contributed by atoms with E-state index in [1.165, 1.54) is 11.1 Å². The van der Waals surface area contributed by atoms with Crippen molar-refractivity contribution in [1.29, 1.82) is 0 Å². The molecular weight excluding hydrogens is 200 g/mol. The summed E-state index contributed by atoms with van der Waals surface area (Å²) in [6, 6.07) is 6.05. The first kappa shape index (κ1) is 12.9. The summed E-state index contributed by atoms with van der Waals surface area (Å²) in [5.74, 6) is 0.0664. The van der Waals surface area contributed by atoms with Crippen molar-refractivity contribution in [3.8, 4) is 0 Å². The topological polar surface area (TPSA) is 26.3 Å². The fourth-order valence-electron chi connectivity index (χ4n) is 1.61. The Balaban J connectivity index is 2.92. The van der Waals surface area contributed by atoms with E-state index in [1.807, 2.05) is 25.1 Å². The van der Waals surface area contributed by atoms with E-state index in [1.54, 1.807) is 6.92 Å². The third-order valence-electron chi connectivity index (χ3n) is 2.69. The minimum absolute atomic E-state index is 0.0664. The summed E-state index contributed by atoms with van der Waals surface area (Å²) >= 11 is 0. The van der Waals surface area contributed by atoms with Crippen LogP contribution in [0.25, 0.3) is 0 Å². The van der Waals surface area contributed by atoms with E-state index in [2.05, 4.69) is 13.8 Å². The number of carbonyl (C=O) groups excluding carboxylic acids is 1. The number of carbonyl (C=O) groups is 1. The molecule has 1 aromatic carbocycles. The first-order valence-corrected chi connectivity index (χ1v) is 5.75. The van der Waals surface area contributed by atoms with Crippen molar-refractivity contribution in [2.24, 2.45) is 0 Å². The van der Waals surface area contributed by atoms with E-state index in [4.69, 9.17) is 4.74 Å². The molecule has 0 heterocycles. The standard InChI is InChI=1S/C14H20O2/c1-5-8-16-14(12(4)15)13-7-6-10(2)11(3)9-13/h6-7,9,14H,5,8H2,1-4H3. The molecule has 0 saturated heterocycles. The maximum absolute atomic E-state index is 11.5. The van der Waals surface area contributed by atoms with Crippen LogP contribution in [0, 0.1) is 13.8 Å². The molecule has 0 aliphatic carbocycles. The SMILES string of the molecule is CCCOC(C(C)=O)c1ccc(C)c(C)c1. The Hall–Kier alpha value is -1.15. The van der Waals surface area contributed by atoms with Gasteiger partial charge in [0.1, 0.15) is 6.10 Å². The lowest BCUT2D eigenvalue weighted by atomic mass is 10.0.